The lowest BCUT2D eigenvalue weighted by Gasteiger charge is -2.28. The minimum absolute atomic E-state index is 0.0789. The average Bonchev–Trinajstić information content (AvgIpc) is 3.66. The second-order valence-electron chi connectivity index (χ2n) is 12.2. The molecule has 0 bridgehead atoms. The fraction of sp³-hybridized carbons (Fsp3) is 0.270. The van der Waals surface area contributed by atoms with Gasteiger partial charge >= 0.3 is 5.97 Å². The van der Waals surface area contributed by atoms with Crippen molar-refractivity contribution >= 4 is 46.2 Å². The van der Waals surface area contributed by atoms with Crippen LogP contribution in [0.25, 0.3) is 5.00 Å². The Kier molecular flexibility index (Phi) is 9.55. The molecule has 50 heavy (non-hydrogen) atoms. The van der Waals surface area contributed by atoms with Crippen molar-refractivity contribution in [3.8, 4) is 5.00 Å². The number of aromatic nitrogens is 4. The number of hydrogen-bond donors (Lipinski definition) is 1. The van der Waals surface area contributed by atoms with Crippen molar-refractivity contribution in [2.75, 3.05) is 13.2 Å². The van der Waals surface area contributed by atoms with Crippen LogP contribution >= 0.6 is 22.9 Å². The molecule has 0 spiro atoms. The molecular formula is C37H34ClN7O4S. The highest BCUT2D eigenvalue weighted by Gasteiger charge is 2.35. The first-order chi connectivity index (χ1) is 24.3. The lowest BCUT2D eigenvalue weighted by atomic mass is 9.94. The van der Waals surface area contributed by atoms with E-state index in [-0.39, 0.29) is 25.0 Å². The highest BCUT2D eigenvalue weighted by molar-refractivity contribution is 7.15. The Morgan fingerprint density at radius 2 is 1.88 bits per heavy atom. The molecule has 2 aromatic carbocycles. The number of aliphatic carboxylic acids is 1. The van der Waals surface area contributed by atoms with Gasteiger partial charge in [0.15, 0.2) is 5.82 Å². The van der Waals surface area contributed by atoms with E-state index < -0.39 is 5.97 Å². The Bertz CT molecular complexity index is 2140. The summed E-state index contributed by atoms with van der Waals surface area (Å²) in [6.45, 7) is 5.22. The summed E-state index contributed by atoms with van der Waals surface area (Å²) in [5.74, 6) is 0.623. The number of pyridine rings is 1. The number of oxime groups is 1. The second kappa shape index (κ2) is 14.3. The maximum absolute atomic E-state index is 14.1. The van der Waals surface area contributed by atoms with Crippen LogP contribution in [0.3, 0.4) is 0 Å². The third-order valence-electron chi connectivity index (χ3n) is 8.79. The summed E-state index contributed by atoms with van der Waals surface area (Å²) in [6.07, 6.45) is 5.15. The van der Waals surface area contributed by atoms with Crippen LogP contribution in [-0.2, 0) is 22.6 Å². The molecule has 11 nitrogen and oxygen atoms in total. The lowest BCUT2D eigenvalue weighted by molar-refractivity contribution is -0.137. The van der Waals surface area contributed by atoms with Crippen molar-refractivity contribution in [3.63, 3.8) is 0 Å². The third kappa shape index (κ3) is 6.56. The van der Waals surface area contributed by atoms with Crippen LogP contribution in [0.5, 0.6) is 0 Å². The van der Waals surface area contributed by atoms with E-state index >= 15 is 0 Å². The number of carbonyl (C=O) groups excluding carboxylic acids is 1. The van der Waals surface area contributed by atoms with E-state index in [9.17, 15) is 9.59 Å². The van der Waals surface area contributed by atoms with Crippen molar-refractivity contribution in [2.24, 2.45) is 10.1 Å². The Labute approximate surface area is 297 Å². The molecule has 0 saturated carbocycles. The maximum atomic E-state index is 14.1. The topological polar surface area (TPSA) is 135 Å². The normalized spacial score (nSPS) is 15.4. The number of benzene rings is 2. The van der Waals surface area contributed by atoms with Gasteiger partial charge in [0.25, 0.3) is 5.91 Å². The van der Waals surface area contributed by atoms with Gasteiger partial charge in [-0.05, 0) is 69.0 Å². The van der Waals surface area contributed by atoms with Crippen molar-refractivity contribution in [3.05, 3.63) is 128 Å². The monoisotopic (exact) mass is 707 g/mol. The van der Waals surface area contributed by atoms with Gasteiger partial charge in [-0.3, -0.25) is 24.1 Å². The molecule has 1 N–H and O–H groups in total. The van der Waals surface area contributed by atoms with Crippen molar-refractivity contribution in [1.29, 1.82) is 0 Å². The minimum atomic E-state index is -0.838. The number of carboxylic acid groups (broad SMARTS) is 1. The number of unbranched alkanes of at least 4 members (excludes halogenated alkanes) is 1. The van der Waals surface area contributed by atoms with Crippen LogP contribution in [-0.4, -0.2) is 66.2 Å². The standard InChI is InChI=1S/C37H34ClN7O4S/c1-22-35-42-41-23(2)45(35)37-32(34(40-22)27-12-3-4-13-29(27)38)28-15-17-44(21-30(28)50-37)36(48)25-10-7-9-24(19-25)33(26-11-8-16-39-20-26)43-49-18-6-5-14-31(46)47/h3-4,7-13,16,19-20,22H,5-6,14-15,17-18,21H2,1-2H3,(H,46,47)/b43-33+. The van der Waals surface area contributed by atoms with Crippen LogP contribution in [0.1, 0.15) is 86.9 Å². The van der Waals surface area contributed by atoms with Crippen LogP contribution in [0.2, 0.25) is 5.02 Å². The quantitative estimate of drug-likeness (QED) is 0.0956. The van der Waals surface area contributed by atoms with Gasteiger partial charge in [-0.25, -0.2) is 0 Å². The molecule has 1 amide bonds. The van der Waals surface area contributed by atoms with Gasteiger partial charge in [0, 0.05) is 63.1 Å². The molecular weight excluding hydrogens is 674 g/mol. The summed E-state index contributed by atoms with van der Waals surface area (Å²) in [7, 11) is 0. The number of aryl methyl sites for hydroxylation is 1. The van der Waals surface area contributed by atoms with Gasteiger partial charge in [0.05, 0.1) is 12.3 Å². The fourth-order valence-corrected chi connectivity index (χ4v) is 7.99. The summed E-state index contributed by atoms with van der Waals surface area (Å²) >= 11 is 8.40. The van der Waals surface area contributed by atoms with E-state index in [2.05, 4.69) is 24.9 Å². The molecule has 0 radical (unpaired) electrons. The number of fused-ring (bicyclic) bond motifs is 5. The minimum Gasteiger partial charge on any atom is -0.481 e. The molecule has 5 heterocycles. The van der Waals surface area contributed by atoms with E-state index in [0.717, 1.165) is 43.9 Å². The molecule has 0 saturated heterocycles. The number of aliphatic imine (C=N–C) groups is 1. The molecule has 1 unspecified atom stereocenters. The zero-order valence-electron chi connectivity index (χ0n) is 27.5. The predicted octanol–water partition coefficient (Wildman–Crippen LogP) is 6.82. The van der Waals surface area contributed by atoms with Crippen molar-refractivity contribution in [2.45, 2.75) is 52.1 Å². The van der Waals surface area contributed by atoms with E-state index in [1.165, 1.54) is 5.56 Å². The first-order valence-electron chi connectivity index (χ1n) is 16.4. The molecule has 0 fully saturated rings. The van der Waals surface area contributed by atoms with Crippen LogP contribution in [0.15, 0.2) is 83.2 Å². The van der Waals surface area contributed by atoms with Crippen LogP contribution in [0.4, 0.5) is 0 Å². The Hall–Kier alpha value is -5.20. The van der Waals surface area contributed by atoms with Gasteiger partial charge in [0.1, 0.15) is 29.2 Å². The molecule has 2 aliphatic rings. The number of amides is 1. The Balaban J connectivity index is 1.19. The SMILES string of the molecule is Cc1nnc2n1-c1sc3c(c1C(c1ccccc1Cl)=NC2C)CCN(C(=O)c1cccc(/C(=N\OCCCCC(=O)O)c2cccnc2)c1)C3. The molecule has 2 aliphatic heterocycles. The highest BCUT2D eigenvalue weighted by atomic mass is 35.5. The van der Waals surface area contributed by atoms with E-state index in [4.69, 9.17) is 26.5 Å². The first kappa shape index (κ1) is 33.3. The first-order valence-corrected chi connectivity index (χ1v) is 17.6. The van der Waals surface area contributed by atoms with Crippen molar-refractivity contribution in [1.82, 2.24) is 24.6 Å². The van der Waals surface area contributed by atoms with Crippen molar-refractivity contribution < 1.29 is 19.5 Å². The number of rotatable bonds is 10. The average molecular weight is 708 g/mol. The lowest BCUT2D eigenvalue weighted by Crippen LogP contribution is -2.35. The maximum Gasteiger partial charge on any atom is 0.303 e. The molecule has 0 aliphatic carbocycles. The van der Waals surface area contributed by atoms with Gasteiger partial charge in [-0.15, -0.1) is 21.5 Å². The molecule has 254 valence electrons. The van der Waals surface area contributed by atoms with Gasteiger partial charge in [-0.1, -0.05) is 47.1 Å². The molecule has 13 heteroatoms. The van der Waals surface area contributed by atoms with E-state index in [1.54, 1.807) is 23.7 Å². The van der Waals surface area contributed by atoms with Gasteiger partial charge < -0.3 is 14.8 Å². The molecule has 3 aromatic heterocycles. The number of carboxylic acids is 1. The molecule has 5 aromatic rings. The Morgan fingerprint density at radius 1 is 1.06 bits per heavy atom. The van der Waals surface area contributed by atoms with Crippen LogP contribution < -0.4 is 0 Å². The number of nitrogens with zero attached hydrogens (tertiary/aromatic N) is 7. The summed E-state index contributed by atoms with van der Waals surface area (Å²) < 4.78 is 2.10. The number of halogens is 1. The van der Waals surface area contributed by atoms with E-state index in [1.807, 2.05) is 79.4 Å². The van der Waals surface area contributed by atoms with E-state index in [0.29, 0.717) is 54.2 Å². The summed E-state index contributed by atoms with van der Waals surface area (Å²) in [5, 5.41) is 23.8. The molecule has 7 rings (SSSR count). The summed E-state index contributed by atoms with van der Waals surface area (Å²) in [6, 6.07) is 18.6. The smallest absolute Gasteiger partial charge is 0.303 e. The van der Waals surface area contributed by atoms with Gasteiger partial charge in [-0.2, -0.15) is 0 Å². The predicted molar refractivity (Wildman–Crippen MR) is 192 cm³/mol. The van der Waals surface area contributed by atoms with Crippen LogP contribution in [0, 0.1) is 6.92 Å². The summed E-state index contributed by atoms with van der Waals surface area (Å²) in [4.78, 5) is 43.0. The number of hydrogen-bond acceptors (Lipinski definition) is 9. The zero-order valence-corrected chi connectivity index (χ0v) is 29.1. The zero-order chi connectivity index (χ0) is 34.8. The molecule has 1 atom stereocenters. The number of thiophene rings is 1. The fourth-order valence-electron chi connectivity index (χ4n) is 6.35. The second-order valence-corrected chi connectivity index (χ2v) is 13.7. The van der Waals surface area contributed by atoms with Gasteiger partial charge in [0.2, 0.25) is 0 Å². The largest absolute Gasteiger partial charge is 0.481 e. The third-order valence-corrected chi connectivity index (χ3v) is 10.3. The Morgan fingerprint density at radius 3 is 2.68 bits per heavy atom. The highest BCUT2D eigenvalue weighted by Crippen LogP contribution is 2.42. The number of carbonyl (C=O) groups is 2. The summed E-state index contributed by atoms with van der Waals surface area (Å²) in [5.41, 5.74) is 6.41.